The van der Waals surface area contributed by atoms with Gasteiger partial charge in [0.05, 0.1) is 31.7 Å². The number of anilines is 1. The molecule has 0 aliphatic heterocycles. The molecule has 2 aromatic rings. The topological polar surface area (TPSA) is 112 Å². The number of nitrogens with two attached hydrogens (primary N) is 1. The van der Waals surface area contributed by atoms with E-state index >= 15 is 0 Å². The third-order valence-corrected chi connectivity index (χ3v) is 3.27. The predicted molar refractivity (Wildman–Crippen MR) is 96.7 cm³/mol. The van der Waals surface area contributed by atoms with Gasteiger partial charge in [-0.05, 0) is 48.0 Å². The van der Waals surface area contributed by atoms with Crippen LogP contribution >= 0.6 is 0 Å². The van der Waals surface area contributed by atoms with Gasteiger partial charge in [-0.2, -0.15) is 5.10 Å². The van der Waals surface area contributed by atoms with Crippen molar-refractivity contribution in [2.45, 2.75) is 0 Å². The molecule has 0 spiro atoms. The summed E-state index contributed by atoms with van der Waals surface area (Å²) in [6.07, 6.45) is 1.59. The molecule has 0 saturated heterocycles. The Bertz CT molecular complexity index is 803. The minimum atomic E-state index is -0.569. The fourth-order valence-electron chi connectivity index (χ4n) is 2.01. The van der Waals surface area contributed by atoms with Crippen LogP contribution in [0.25, 0.3) is 0 Å². The highest BCUT2D eigenvalue weighted by Gasteiger charge is 2.07. The first kappa shape index (κ1) is 18.8. The molecule has 0 heterocycles. The second-order valence-corrected chi connectivity index (χ2v) is 5.10. The first-order valence-electron chi connectivity index (χ1n) is 7.60. The number of amides is 1. The van der Waals surface area contributed by atoms with Gasteiger partial charge in [0, 0.05) is 0 Å². The van der Waals surface area contributed by atoms with Crippen molar-refractivity contribution in [1.82, 2.24) is 0 Å². The van der Waals surface area contributed by atoms with Crippen LogP contribution < -0.4 is 20.6 Å². The molecule has 0 bridgehead atoms. The van der Waals surface area contributed by atoms with Gasteiger partial charge in [-0.1, -0.05) is 0 Å². The first-order chi connectivity index (χ1) is 12.5. The van der Waals surface area contributed by atoms with Crippen LogP contribution in [0.15, 0.2) is 47.6 Å². The number of carbonyl (C=O) groups excluding carboxylic acids is 2. The van der Waals surface area contributed by atoms with Gasteiger partial charge in [-0.15, -0.1) is 0 Å². The number of esters is 1. The summed E-state index contributed by atoms with van der Waals surface area (Å²) in [6, 6.07) is 11.8. The molecule has 2 rings (SSSR count). The lowest BCUT2D eigenvalue weighted by molar-refractivity contribution is -0.119. The van der Waals surface area contributed by atoms with Gasteiger partial charge in [0.25, 0.3) is 5.91 Å². The number of primary amides is 1. The van der Waals surface area contributed by atoms with E-state index in [1.807, 2.05) is 0 Å². The van der Waals surface area contributed by atoms with Crippen molar-refractivity contribution in [3.63, 3.8) is 0 Å². The summed E-state index contributed by atoms with van der Waals surface area (Å²) >= 11 is 0. The fourth-order valence-corrected chi connectivity index (χ4v) is 2.01. The summed E-state index contributed by atoms with van der Waals surface area (Å²) in [5.74, 6) is -0.0988. The highest BCUT2D eigenvalue weighted by Crippen LogP contribution is 2.27. The Balaban J connectivity index is 2.01. The van der Waals surface area contributed by atoms with Crippen molar-refractivity contribution in [2.75, 3.05) is 26.3 Å². The van der Waals surface area contributed by atoms with E-state index in [4.69, 9.17) is 15.2 Å². The summed E-state index contributed by atoms with van der Waals surface area (Å²) in [7, 11) is 2.83. The number of hydrazone groups is 1. The first-order valence-corrected chi connectivity index (χ1v) is 7.60. The average Bonchev–Trinajstić information content (AvgIpc) is 2.66. The maximum atomic E-state index is 11.4. The number of hydrogen-bond acceptors (Lipinski definition) is 7. The molecule has 0 saturated carbocycles. The summed E-state index contributed by atoms with van der Waals surface area (Å²) in [5, 5.41) is 4.12. The number of nitrogens with zero attached hydrogens (tertiary/aromatic N) is 1. The molecule has 26 heavy (non-hydrogen) atoms. The molecule has 8 heteroatoms. The maximum Gasteiger partial charge on any atom is 0.337 e. The Morgan fingerprint density at radius 2 is 1.85 bits per heavy atom. The van der Waals surface area contributed by atoms with Crippen LogP contribution in [0.1, 0.15) is 15.9 Å². The van der Waals surface area contributed by atoms with Gasteiger partial charge in [-0.3, -0.25) is 10.2 Å². The van der Waals surface area contributed by atoms with Crippen molar-refractivity contribution < 1.29 is 23.8 Å². The summed E-state index contributed by atoms with van der Waals surface area (Å²) in [5.41, 5.74) is 9.83. The molecule has 2 aromatic carbocycles. The van der Waals surface area contributed by atoms with Crippen molar-refractivity contribution in [1.29, 1.82) is 0 Å². The third kappa shape index (κ3) is 5.23. The van der Waals surface area contributed by atoms with Crippen LogP contribution in [-0.4, -0.2) is 38.9 Å². The molecule has 1 amide bonds. The number of ether oxygens (including phenoxy) is 3. The Kier molecular flexibility index (Phi) is 6.55. The van der Waals surface area contributed by atoms with E-state index in [0.29, 0.717) is 22.7 Å². The lowest BCUT2D eigenvalue weighted by Gasteiger charge is -2.09. The Morgan fingerprint density at radius 1 is 1.12 bits per heavy atom. The number of carbonyl (C=O) groups is 2. The zero-order chi connectivity index (χ0) is 18.9. The van der Waals surface area contributed by atoms with Gasteiger partial charge in [0.2, 0.25) is 0 Å². The van der Waals surface area contributed by atoms with E-state index in [2.05, 4.69) is 15.3 Å². The lowest BCUT2D eigenvalue weighted by atomic mass is 10.2. The monoisotopic (exact) mass is 357 g/mol. The van der Waals surface area contributed by atoms with Gasteiger partial charge in [0.1, 0.15) is 0 Å². The highest BCUT2D eigenvalue weighted by atomic mass is 16.5. The van der Waals surface area contributed by atoms with E-state index in [1.165, 1.54) is 14.2 Å². The summed E-state index contributed by atoms with van der Waals surface area (Å²) in [6.45, 7) is -0.229. The second kappa shape index (κ2) is 9.07. The molecular weight excluding hydrogens is 338 g/mol. The third-order valence-electron chi connectivity index (χ3n) is 3.27. The quantitative estimate of drug-likeness (QED) is 0.423. The smallest absolute Gasteiger partial charge is 0.337 e. The Morgan fingerprint density at radius 3 is 2.46 bits per heavy atom. The van der Waals surface area contributed by atoms with Crippen LogP contribution in [0, 0.1) is 0 Å². The summed E-state index contributed by atoms with van der Waals surface area (Å²) < 4.78 is 15.1. The van der Waals surface area contributed by atoms with E-state index in [1.54, 1.807) is 48.7 Å². The number of rotatable bonds is 8. The van der Waals surface area contributed by atoms with Crippen molar-refractivity contribution >= 4 is 23.8 Å². The minimum absolute atomic E-state index is 0.229. The van der Waals surface area contributed by atoms with E-state index in [-0.39, 0.29) is 6.61 Å². The second-order valence-electron chi connectivity index (χ2n) is 5.10. The van der Waals surface area contributed by atoms with Crippen molar-refractivity contribution in [3.05, 3.63) is 53.6 Å². The van der Waals surface area contributed by atoms with Crippen LogP contribution in [0.3, 0.4) is 0 Å². The van der Waals surface area contributed by atoms with Crippen LogP contribution in [-0.2, 0) is 9.53 Å². The van der Waals surface area contributed by atoms with Gasteiger partial charge >= 0.3 is 5.97 Å². The molecule has 0 fully saturated rings. The standard InChI is InChI=1S/C18H19N3O5/c1-24-16-9-12(3-8-15(16)26-11-17(19)22)10-20-21-14-6-4-13(5-7-14)18(23)25-2/h3-10,21H,11H2,1-2H3,(H2,19,22). The highest BCUT2D eigenvalue weighted by molar-refractivity contribution is 5.89. The number of methoxy groups -OCH3 is 2. The Hall–Kier alpha value is -3.55. The molecule has 3 N–H and O–H groups in total. The molecule has 8 nitrogen and oxygen atoms in total. The molecule has 0 atom stereocenters. The van der Waals surface area contributed by atoms with Gasteiger partial charge in [0.15, 0.2) is 18.1 Å². The molecule has 0 unspecified atom stereocenters. The van der Waals surface area contributed by atoms with E-state index in [9.17, 15) is 9.59 Å². The normalized spacial score (nSPS) is 10.4. The number of nitrogens with one attached hydrogen (secondary N) is 1. The minimum Gasteiger partial charge on any atom is -0.493 e. The molecular formula is C18H19N3O5. The van der Waals surface area contributed by atoms with Gasteiger partial charge in [-0.25, -0.2) is 4.79 Å². The summed E-state index contributed by atoms with van der Waals surface area (Å²) in [4.78, 5) is 22.2. The van der Waals surface area contributed by atoms with Crippen LogP contribution in [0.4, 0.5) is 5.69 Å². The van der Waals surface area contributed by atoms with Crippen molar-refractivity contribution in [2.24, 2.45) is 10.8 Å². The number of hydrogen-bond donors (Lipinski definition) is 2. The molecule has 0 aliphatic rings. The lowest BCUT2D eigenvalue weighted by Crippen LogP contribution is -2.20. The number of benzene rings is 2. The fraction of sp³-hybridized carbons (Fsp3) is 0.167. The van der Waals surface area contributed by atoms with Crippen LogP contribution in [0.2, 0.25) is 0 Å². The average molecular weight is 357 g/mol. The molecule has 136 valence electrons. The SMILES string of the molecule is COC(=O)c1ccc(NN=Cc2ccc(OCC(N)=O)c(OC)c2)cc1. The largest absolute Gasteiger partial charge is 0.493 e. The predicted octanol–water partition coefficient (Wildman–Crippen LogP) is 1.79. The Labute approximate surface area is 150 Å². The van der Waals surface area contributed by atoms with E-state index in [0.717, 1.165) is 5.56 Å². The molecule has 0 radical (unpaired) electrons. The van der Waals surface area contributed by atoms with Crippen molar-refractivity contribution in [3.8, 4) is 11.5 Å². The maximum absolute atomic E-state index is 11.4. The zero-order valence-electron chi connectivity index (χ0n) is 14.4. The van der Waals surface area contributed by atoms with Crippen LogP contribution in [0.5, 0.6) is 11.5 Å². The van der Waals surface area contributed by atoms with Gasteiger partial charge < -0.3 is 19.9 Å². The zero-order valence-corrected chi connectivity index (χ0v) is 14.4. The van der Waals surface area contributed by atoms with E-state index < -0.39 is 11.9 Å². The molecule has 0 aliphatic carbocycles. The molecule has 0 aromatic heterocycles.